The average molecular weight is 399 g/mol. The maximum Gasteiger partial charge on any atom is 0.417 e. The Morgan fingerprint density at radius 1 is 1.29 bits per heavy atom. The SMILES string of the molecule is COC(=O)c1c(C(F)(F)F)cc(-c2ccc(Br)cc2)c(C#N)c1N. The molecule has 0 fully saturated rings. The Labute approximate surface area is 143 Å². The zero-order chi connectivity index (χ0) is 18.1. The molecule has 2 aromatic carbocycles. The molecule has 0 amide bonds. The topological polar surface area (TPSA) is 76.1 Å². The molecule has 4 nitrogen and oxygen atoms in total. The summed E-state index contributed by atoms with van der Waals surface area (Å²) in [4.78, 5) is 11.7. The summed E-state index contributed by atoms with van der Waals surface area (Å²) in [6, 6.07) is 8.82. The van der Waals surface area contributed by atoms with Crippen LogP contribution in [0.2, 0.25) is 0 Å². The lowest BCUT2D eigenvalue weighted by molar-refractivity contribution is -0.138. The van der Waals surface area contributed by atoms with Gasteiger partial charge in [0.1, 0.15) is 6.07 Å². The number of methoxy groups -OCH3 is 1. The number of rotatable bonds is 2. The van der Waals surface area contributed by atoms with E-state index in [-0.39, 0.29) is 11.1 Å². The van der Waals surface area contributed by atoms with Gasteiger partial charge in [-0.05, 0) is 23.8 Å². The molecule has 8 heteroatoms. The van der Waals surface area contributed by atoms with Crippen LogP contribution in [-0.4, -0.2) is 13.1 Å². The number of nitriles is 1. The number of nitrogen functional groups attached to an aromatic ring is 1. The average Bonchev–Trinajstić information content (AvgIpc) is 2.53. The van der Waals surface area contributed by atoms with Crippen molar-refractivity contribution in [1.29, 1.82) is 5.26 Å². The predicted octanol–water partition coefficient (Wildman–Crippen LogP) is 4.38. The van der Waals surface area contributed by atoms with Crippen molar-refractivity contribution in [2.45, 2.75) is 6.18 Å². The van der Waals surface area contributed by atoms with Crippen LogP contribution in [-0.2, 0) is 10.9 Å². The third-order valence-corrected chi connectivity index (χ3v) is 3.86. The summed E-state index contributed by atoms with van der Waals surface area (Å²) in [6.45, 7) is 0. The Hall–Kier alpha value is -2.53. The van der Waals surface area contributed by atoms with Crippen LogP contribution in [0.1, 0.15) is 21.5 Å². The molecule has 0 unspecified atom stereocenters. The van der Waals surface area contributed by atoms with Crippen molar-refractivity contribution in [2.24, 2.45) is 0 Å². The molecule has 0 aliphatic carbocycles. The summed E-state index contributed by atoms with van der Waals surface area (Å²) in [5.41, 5.74) is 3.18. The first kappa shape index (κ1) is 17.8. The van der Waals surface area contributed by atoms with E-state index in [1.54, 1.807) is 18.2 Å². The molecule has 2 aromatic rings. The maximum absolute atomic E-state index is 13.4. The number of hydrogen-bond acceptors (Lipinski definition) is 4. The molecule has 24 heavy (non-hydrogen) atoms. The molecule has 2 rings (SSSR count). The highest BCUT2D eigenvalue weighted by atomic mass is 79.9. The van der Waals surface area contributed by atoms with E-state index >= 15 is 0 Å². The Balaban J connectivity index is 2.88. The van der Waals surface area contributed by atoms with Crippen molar-refractivity contribution in [3.63, 3.8) is 0 Å². The Kier molecular flexibility index (Phi) is 4.85. The van der Waals surface area contributed by atoms with Gasteiger partial charge in [0, 0.05) is 10.0 Å². The van der Waals surface area contributed by atoms with Crippen molar-refractivity contribution in [2.75, 3.05) is 12.8 Å². The van der Waals surface area contributed by atoms with Crippen LogP contribution in [0.3, 0.4) is 0 Å². The molecule has 0 spiro atoms. The minimum absolute atomic E-state index is 0.0116. The zero-order valence-corrected chi connectivity index (χ0v) is 13.8. The highest BCUT2D eigenvalue weighted by Crippen LogP contribution is 2.40. The molecule has 0 bridgehead atoms. The van der Waals surface area contributed by atoms with Crippen molar-refractivity contribution in [3.8, 4) is 17.2 Å². The number of carbonyl (C=O) groups is 1. The van der Waals surface area contributed by atoms with Crippen LogP contribution >= 0.6 is 15.9 Å². The first-order valence-corrected chi connectivity index (χ1v) is 7.28. The monoisotopic (exact) mass is 398 g/mol. The lowest BCUT2D eigenvalue weighted by Crippen LogP contribution is -2.18. The molecule has 0 saturated heterocycles. The van der Waals surface area contributed by atoms with Gasteiger partial charge < -0.3 is 10.5 Å². The summed E-state index contributed by atoms with van der Waals surface area (Å²) in [5.74, 6) is -1.25. The number of carbonyl (C=O) groups excluding carboxylic acids is 1. The molecular formula is C16H10BrF3N2O2. The van der Waals surface area contributed by atoms with Gasteiger partial charge in [0.05, 0.1) is 29.5 Å². The van der Waals surface area contributed by atoms with Crippen molar-refractivity contribution in [3.05, 3.63) is 51.5 Å². The van der Waals surface area contributed by atoms with Gasteiger partial charge in [0.25, 0.3) is 0 Å². The van der Waals surface area contributed by atoms with E-state index in [4.69, 9.17) is 5.73 Å². The number of hydrogen-bond donors (Lipinski definition) is 1. The molecule has 0 aliphatic rings. The smallest absolute Gasteiger partial charge is 0.417 e. The molecule has 124 valence electrons. The van der Waals surface area contributed by atoms with Gasteiger partial charge >= 0.3 is 12.1 Å². The van der Waals surface area contributed by atoms with E-state index in [0.29, 0.717) is 5.56 Å². The number of alkyl halides is 3. The fourth-order valence-electron chi connectivity index (χ4n) is 2.23. The predicted molar refractivity (Wildman–Crippen MR) is 85.0 cm³/mol. The standard InChI is InChI=1S/C16H10BrF3N2O2/c1-24-15(23)13-12(16(18,19)20)6-10(11(7-21)14(13)22)8-2-4-9(17)5-3-8/h2-6H,22H2,1H3. The van der Waals surface area contributed by atoms with Gasteiger partial charge in [-0.3, -0.25) is 0 Å². The zero-order valence-electron chi connectivity index (χ0n) is 12.2. The minimum atomic E-state index is -4.84. The number of halogens is 4. The molecule has 2 N–H and O–H groups in total. The molecule has 0 atom stereocenters. The molecule has 0 radical (unpaired) electrons. The van der Waals surface area contributed by atoms with Gasteiger partial charge in [-0.1, -0.05) is 28.1 Å². The number of esters is 1. The lowest BCUT2D eigenvalue weighted by Gasteiger charge is -2.17. The molecule has 0 saturated carbocycles. The van der Waals surface area contributed by atoms with E-state index in [1.165, 1.54) is 12.1 Å². The van der Waals surface area contributed by atoms with Crippen molar-refractivity contribution < 1.29 is 22.7 Å². The normalized spacial score (nSPS) is 11.0. The second-order valence-electron chi connectivity index (χ2n) is 4.74. The Bertz CT molecular complexity index is 840. The van der Waals surface area contributed by atoms with E-state index in [1.807, 2.05) is 0 Å². The second kappa shape index (κ2) is 6.53. The van der Waals surface area contributed by atoms with E-state index < -0.39 is 29.0 Å². The van der Waals surface area contributed by atoms with Gasteiger partial charge in [0.15, 0.2) is 0 Å². The summed E-state index contributed by atoms with van der Waals surface area (Å²) < 4.78 is 45.2. The first-order valence-electron chi connectivity index (χ1n) is 6.48. The Morgan fingerprint density at radius 3 is 2.33 bits per heavy atom. The minimum Gasteiger partial charge on any atom is -0.465 e. The van der Waals surface area contributed by atoms with Crippen LogP contribution in [0.5, 0.6) is 0 Å². The molecule has 0 aliphatic heterocycles. The summed E-state index contributed by atoms with van der Waals surface area (Å²) in [5, 5.41) is 9.32. The summed E-state index contributed by atoms with van der Waals surface area (Å²) in [7, 11) is 0.941. The van der Waals surface area contributed by atoms with Gasteiger partial charge in [-0.15, -0.1) is 0 Å². The fourth-order valence-corrected chi connectivity index (χ4v) is 2.49. The number of nitrogens with zero attached hydrogens (tertiary/aromatic N) is 1. The second-order valence-corrected chi connectivity index (χ2v) is 5.66. The quantitative estimate of drug-likeness (QED) is 0.601. The summed E-state index contributed by atoms with van der Waals surface area (Å²) >= 11 is 3.22. The van der Waals surface area contributed by atoms with Crippen LogP contribution < -0.4 is 5.73 Å². The van der Waals surface area contributed by atoms with Crippen molar-refractivity contribution in [1.82, 2.24) is 0 Å². The number of ether oxygens (including phenoxy) is 1. The first-order chi connectivity index (χ1) is 11.2. The molecule has 0 aromatic heterocycles. The van der Waals surface area contributed by atoms with Gasteiger partial charge in [-0.2, -0.15) is 18.4 Å². The number of nitrogens with two attached hydrogens (primary N) is 1. The molecular weight excluding hydrogens is 389 g/mol. The van der Waals surface area contributed by atoms with Crippen LogP contribution in [0, 0.1) is 11.3 Å². The van der Waals surface area contributed by atoms with Crippen LogP contribution in [0.4, 0.5) is 18.9 Å². The van der Waals surface area contributed by atoms with E-state index in [0.717, 1.165) is 17.6 Å². The number of anilines is 1. The maximum atomic E-state index is 13.4. The third kappa shape index (κ3) is 3.21. The largest absolute Gasteiger partial charge is 0.465 e. The highest BCUT2D eigenvalue weighted by molar-refractivity contribution is 9.10. The highest BCUT2D eigenvalue weighted by Gasteiger charge is 2.38. The van der Waals surface area contributed by atoms with Crippen LogP contribution in [0.15, 0.2) is 34.8 Å². The van der Waals surface area contributed by atoms with Crippen molar-refractivity contribution >= 4 is 27.6 Å². The molecule has 0 heterocycles. The van der Waals surface area contributed by atoms with E-state index in [9.17, 15) is 23.2 Å². The van der Waals surface area contributed by atoms with Gasteiger partial charge in [0.2, 0.25) is 0 Å². The third-order valence-electron chi connectivity index (χ3n) is 3.33. The number of benzene rings is 2. The lowest BCUT2D eigenvalue weighted by atomic mass is 9.92. The summed E-state index contributed by atoms with van der Waals surface area (Å²) in [6.07, 6.45) is -4.84. The van der Waals surface area contributed by atoms with Gasteiger partial charge in [-0.25, -0.2) is 4.79 Å². The van der Waals surface area contributed by atoms with Crippen LogP contribution in [0.25, 0.3) is 11.1 Å². The Morgan fingerprint density at radius 2 is 1.88 bits per heavy atom. The van der Waals surface area contributed by atoms with E-state index in [2.05, 4.69) is 20.7 Å². The fraction of sp³-hybridized carbons (Fsp3) is 0.125.